The molecule has 3 rings (SSSR count). The van der Waals surface area contributed by atoms with Gasteiger partial charge in [-0.05, 0) is 55.6 Å². The maximum atomic E-state index is 13.1. The first-order valence-electron chi connectivity index (χ1n) is 8.59. The number of nitrogens with zero attached hydrogens (tertiary/aromatic N) is 1. The maximum Gasteiger partial charge on any atom is 0.246 e. The summed E-state index contributed by atoms with van der Waals surface area (Å²) in [5.74, 6) is 0.654. The quantitative estimate of drug-likeness (QED) is 0.773. The van der Waals surface area contributed by atoms with Gasteiger partial charge in [-0.15, -0.1) is 0 Å². The molecule has 0 radical (unpaired) electrons. The van der Waals surface area contributed by atoms with Crippen LogP contribution in [0.1, 0.15) is 31.4 Å². The molecular formula is C20H22Cl2N2O. The number of benzene rings is 2. The molecule has 2 aromatic rings. The van der Waals surface area contributed by atoms with E-state index in [0.717, 1.165) is 31.5 Å². The average Bonchev–Trinajstić information content (AvgIpc) is 2.57. The highest BCUT2D eigenvalue weighted by Gasteiger charge is 2.30. The summed E-state index contributed by atoms with van der Waals surface area (Å²) >= 11 is 12.1. The van der Waals surface area contributed by atoms with Crippen LogP contribution in [0.15, 0.2) is 48.5 Å². The van der Waals surface area contributed by atoms with E-state index in [1.807, 2.05) is 30.3 Å². The van der Waals surface area contributed by atoms with Gasteiger partial charge in [-0.2, -0.15) is 0 Å². The summed E-state index contributed by atoms with van der Waals surface area (Å²) in [5.41, 5.74) is 1.62. The van der Waals surface area contributed by atoms with Crippen molar-refractivity contribution in [2.24, 2.45) is 5.92 Å². The zero-order valence-corrected chi connectivity index (χ0v) is 15.7. The molecule has 0 bridgehead atoms. The normalized spacial score (nSPS) is 17.2. The molecule has 1 amide bonds. The minimum atomic E-state index is -0.313. The lowest BCUT2D eigenvalue weighted by molar-refractivity contribution is -0.122. The molecule has 1 fully saturated rings. The van der Waals surface area contributed by atoms with E-state index in [-0.39, 0.29) is 11.9 Å². The van der Waals surface area contributed by atoms with E-state index in [2.05, 4.69) is 17.1 Å². The number of hydrogen-bond donors (Lipinski definition) is 1. The Kier molecular flexibility index (Phi) is 6.00. The summed E-state index contributed by atoms with van der Waals surface area (Å²) in [6.07, 6.45) is 2.22. The molecule has 1 N–H and O–H groups in total. The molecule has 5 heteroatoms. The minimum Gasteiger partial charge on any atom is -0.324 e. The first-order valence-corrected chi connectivity index (χ1v) is 9.34. The number of rotatable bonds is 4. The Bertz CT molecular complexity index is 707. The number of nitrogens with one attached hydrogen (secondary N) is 1. The van der Waals surface area contributed by atoms with Gasteiger partial charge in [0.25, 0.3) is 0 Å². The second-order valence-corrected chi connectivity index (χ2v) is 7.55. The van der Waals surface area contributed by atoms with Crippen molar-refractivity contribution < 1.29 is 4.79 Å². The largest absolute Gasteiger partial charge is 0.324 e. The Morgan fingerprint density at radius 1 is 1.08 bits per heavy atom. The summed E-state index contributed by atoms with van der Waals surface area (Å²) < 4.78 is 0. The molecule has 1 atom stereocenters. The number of piperidine rings is 1. The molecule has 2 aromatic carbocycles. The van der Waals surface area contributed by atoms with Crippen molar-refractivity contribution in [3.05, 3.63) is 64.1 Å². The van der Waals surface area contributed by atoms with Crippen molar-refractivity contribution in [1.82, 2.24) is 4.90 Å². The van der Waals surface area contributed by atoms with Crippen LogP contribution in [0.3, 0.4) is 0 Å². The van der Waals surface area contributed by atoms with Crippen LogP contribution in [-0.4, -0.2) is 23.9 Å². The predicted octanol–water partition coefficient (Wildman–Crippen LogP) is 5.41. The summed E-state index contributed by atoms with van der Waals surface area (Å²) in [6.45, 7) is 4.11. The summed E-state index contributed by atoms with van der Waals surface area (Å²) in [7, 11) is 0. The second-order valence-electron chi connectivity index (χ2n) is 6.68. The van der Waals surface area contributed by atoms with E-state index in [4.69, 9.17) is 23.2 Å². The Balaban J connectivity index is 1.84. The van der Waals surface area contributed by atoms with Crippen LogP contribution in [0.25, 0.3) is 0 Å². The van der Waals surface area contributed by atoms with Gasteiger partial charge in [-0.25, -0.2) is 0 Å². The topological polar surface area (TPSA) is 32.3 Å². The van der Waals surface area contributed by atoms with E-state index >= 15 is 0 Å². The number of carbonyl (C=O) groups is 1. The van der Waals surface area contributed by atoms with Gasteiger partial charge in [-0.3, -0.25) is 9.69 Å². The molecule has 1 saturated heterocycles. The van der Waals surface area contributed by atoms with Crippen LogP contribution in [0.2, 0.25) is 10.0 Å². The smallest absolute Gasteiger partial charge is 0.246 e. The van der Waals surface area contributed by atoms with Crippen molar-refractivity contribution >= 4 is 34.8 Å². The van der Waals surface area contributed by atoms with Crippen LogP contribution < -0.4 is 5.32 Å². The zero-order chi connectivity index (χ0) is 17.8. The van der Waals surface area contributed by atoms with Crippen molar-refractivity contribution in [2.45, 2.75) is 25.8 Å². The maximum absolute atomic E-state index is 13.1. The first-order chi connectivity index (χ1) is 12.0. The van der Waals surface area contributed by atoms with Gasteiger partial charge in [-0.1, -0.05) is 60.5 Å². The van der Waals surface area contributed by atoms with E-state index < -0.39 is 0 Å². The Hall–Kier alpha value is -1.55. The molecule has 1 aliphatic rings. The third-order valence-corrected chi connectivity index (χ3v) is 5.11. The summed E-state index contributed by atoms with van der Waals surface area (Å²) in [5, 5.41) is 3.99. The van der Waals surface area contributed by atoms with Crippen LogP contribution in [0, 0.1) is 5.92 Å². The van der Waals surface area contributed by atoms with Crippen LogP contribution >= 0.6 is 23.2 Å². The Morgan fingerprint density at radius 2 is 1.68 bits per heavy atom. The lowest BCUT2D eigenvalue weighted by atomic mass is 9.95. The molecule has 25 heavy (non-hydrogen) atoms. The number of carbonyl (C=O) groups excluding carboxylic acids is 1. The molecule has 0 spiro atoms. The van der Waals surface area contributed by atoms with Gasteiger partial charge < -0.3 is 5.32 Å². The lowest BCUT2D eigenvalue weighted by Crippen LogP contribution is -2.41. The van der Waals surface area contributed by atoms with Crippen LogP contribution in [0.5, 0.6) is 0 Å². The van der Waals surface area contributed by atoms with Crippen molar-refractivity contribution in [3.63, 3.8) is 0 Å². The molecule has 0 aliphatic carbocycles. The van der Waals surface area contributed by atoms with E-state index in [1.165, 1.54) is 0 Å². The minimum absolute atomic E-state index is 0.0564. The standard InChI is InChI=1S/C20H22Cl2N2O/c1-14-7-9-24(10-8-14)19(15-5-3-2-4-6-15)20(25)23-18-12-16(21)11-17(22)13-18/h2-6,11-14,19H,7-10H2,1H3,(H,23,25)/t19-/m1/s1. The van der Waals surface area contributed by atoms with E-state index in [0.29, 0.717) is 21.7 Å². The SMILES string of the molecule is CC1CCN([C@@H](C(=O)Nc2cc(Cl)cc(Cl)c2)c2ccccc2)CC1. The summed E-state index contributed by atoms with van der Waals surface area (Å²) in [6, 6.07) is 14.7. The molecule has 0 aromatic heterocycles. The molecular weight excluding hydrogens is 355 g/mol. The van der Waals surface area contributed by atoms with E-state index in [9.17, 15) is 4.79 Å². The van der Waals surface area contributed by atoms with Crippen LogP contribution in [-0.2, 0) is 4.79 Å². The highest BCUT2D eigenvalue weighted by Crippen LogP contribution is 2.29. The van der Waals surface area contributed by atoms with E-state index in [1.54, 1.807) is 18.2 Å². The van der Waals surface area contributed by atoms with Crippen molar-refractivity contribution in [3.8, 4) is 0 Å². The van der Waals surface area contributed by atoms with Gasteiger partial charge in [0, 0.05) is 15.7 Å². The number of hydrogen-bond acceptors (Lipinski definition) is 2. The summed E-state index contributed by atoms with van der Waals surface area (Å²) in [4.78, 5) is 15.3. The molecule has 3 nitrogen and oxygen atoms in total. The molecule has 1 aliphatic heterocycles. The molecule has 132 valence electrons. The Labute approximate surface area is 158 Å². The van der Waals surface area contributed by atoms with Gasteiger partial charge in [0.05, 0.1) is 0 Å². The van der Waals surface area contributed by atoms with Crippen LogP contribution in [0.4, 0.5) is 5.69 Å². The number of halogens is 2. The third-order valence-electron chi connectivity index (χ3n) is 4.68. The Morgan fingerprint density at radius 3 is 2.28 bits per heavy atom. The number of amides is 1. The predicted molar refractivity (Wildman–Crippen MR) is 104 cm³/mol. The highest BCUT2D eigenvalue weighted by molar-refractivity contribution is 6.35. The first kappa shape index (κ1) is 18.2. The number of likely N-dealkylation sites (tertiary alicyclic amines) is 1. The monoisotopic (exact) mass is 376 g/mol. The van der Waals surface area contributed by atoms with Gasteiger partial charge in [0.2, 0.25) is 5.91 Å². The fraction of sp³-hybridized carbons (Fsp3) is 0.350. The number of anilines is 1. The van der Waals surface area contributed by atoms with Gasteiger partial charge in [0.1, 0.15) is 6.04 Å². The highest BCUT2D eigenvalue weighted by atomic mass is 35.5. The molecule has 0 unspecified atom stereocenters. The molecule has 0 saturated carbocycles. The average molecular weight is 377 g/mol. The van der Waals surface area contributed by atoms with Gasteiger partial charge in [0.15, 0.2) is 0 Å². The fourth-order valence-electron chi connectivity index (χ4n) is 3.29. The van der Waals surface area contributed by atoms with Crippen molar-refractivity contribution in [2.75, 3.05) is 18.4 Å². The lowest BCUT2D eigenvalue weighted by Gasteiger charge is -2.36. The fourth-order valence-corrected chi connectivity index (χ4v) is 3.81. The zero-order valence-electron chi connectivity index (χ0n) is 14.2. The van der Waals surface area contributed by atoms with Crippen molar-refractivity contribution in [1.29, 1.82) is 0 Å². The molecule has 1 heterocycles. The van der Waals surface area contributed by atoms with Gasteiger partial charge >= 0.3 is 0 Å². The third kappa shape index (κ3) is 4.75. The second kappa shape index (κ2) is 8.22.